The Bertz CT molecular complexity index is 1370. The lowest BCUT2D eigenvalue weighted by molar-refractivity contribution is 0.0398. The minimum Gasteiger partial charge on any atom is -0.379 e. The van der Waals surface area contributed by atoms with Crippen LogP contribution in [0.3, 0.4) is 0 Å². The first-order valence-corrected chi connectivity index (χ1v) is 12.2. The molecule has 4 aromatic rings. The standard InChI is InChI=1S/C25H28FN9O2/c1-2-27-25(36)34-24-32-20-13-16(12-18(22(20)33-24)21-19(26)4-3-5-28-21)17-14-30-23(31-15-17)29-6-7-35-8-10-37-11-9-35/h3-5,12-15H,2,6-11H2,1H3,(H,29,30,31)(H3,27,32,33,34,36). The summed E-state index contributed by atoms with van der Waals surface area (Å²) in [5.41, 5.74) is 3.25. The number of hydrogen-bond acceptors (Lipinski definition) is 8. The number of H-pyrrole nitrogens is 1. The van der Waals surface area contributed by atoms with E-state index in [4.69, 9.17) is 4.74 Å². The maximum atomic E-state index is 14.7. The summed E-state index contributed by atoms with van der Waals surface area (Å²) in [5.74, 6) is 0.305. The molecule has 1 aliphatic heterocycles. The van der Waals surface area contributed by atoms with Crippen LogP contribution in [0.2, 0.25) is 0 Å². The summed E-state index contributed by atoms with van der Waals surface area (Å²) >= 11 is 0. The molecule has 4 heterocycles. The van der Waals surface area contributed by atoms with E-state index in [9.17, 15) is 9.18 Å². The highest BCUT2D eigenvalue weighted by atomic mass is 19.1. The molecule has 1 aromatic carbocycles. The Kier molecular flexibility index (Phi) is 7.47. The van der Waals surface area contributed by atoms with Crippen molar-refractivity contribution in [1.82, 2.24) is 35.1 Å². The topological polar surface area (TPSA) is 133 Å². The zero-order valence-corrected chi connectivity index (χ0v) is 20.4. The number of carbonyl (C=O) groups is 1. The number of amides is 2. The molecule has 0 aliphatic carbocycles. The van der Waals surface area contributed by atoms with Crippen molar-refractivity contribution in [2.75, 3.05) is 56.6 Å². The number of aromatic nitrogens is 5. The third-order valence-electron chi connectivity index (χ3n) is 5.98. The summed E-state index contributed by atoms with van der Waals surface area (Å²) in [6, 6.07) is 6.14. The Labute approximate surface area is 212 Å². The second-order valence-corrected chi connectivity index (χ2v) is 8.50. The molecule has 1 saturated heterocycles. The van der Waals surface area contributed by atoms with Gasteiger partial charge in [-0.1, -0.05) is 0 Å². The maximum Gasteiger partial charge on any atom is 0.321 e. The van der Waals surface area contributed by atoms with Gasteiger partial charge in [0.2, 0.25) is 11.9 Å². The highest BCUT2D eigenvalue weighted by Gasteiger charge is 2.17. The van der Waals surface area contributed by atoms with Gasteiger partial charge in [0.25, 0.3) is 0 Å². The number of benzene rings is 1. The van der Waals surface area contributed by atoms with Gasteiger partial charge in [-0.2, -0.15) is 0 Å². The second kappa shape index (κ2) is 11.3. The lowest BCUT2D eigenvalue weighted by atomic mass is 10.0. The van der Waals surface area contributed by atoms with Crippen molar-refractivity contribution in [3.63, 3.8) is 0 Å². The first-order valence-electron chi connectivity index (χ1n) is 12.2. The molecule has 1 fully saturated rings. The summed E-state index contributed by atoms with van der Waals surface area (Å²) in [6.07, 6.45) is 4.95. The highest BCUT2D eigenvalue weighted by Crippen LogP contribution is 2.33. The molecular formula is C25H28FN9O2. The van der Waals surface area contributed by atoms with Crippen LogP contribution in [0.15, 0.2) is 42.9 Å². The van der Waals surface area contributed by atoms with Crippen molar-refractivity contribution in [3.8, 4) is 22.4 Å². The monoisotopic (exact) mass is 505 g/mol. The number of carbonyl (C=O) groups excluding carboxylic acids is 1. The van der Waals surface area contributed by atoms with Crippen LogP contribution in [0.1, 0.15) is 6.92 Å². The first kappa shape index (κ1) is 24.5. The minimum atomic E-state index is -0.468. The SMILES string of the molecule is CCNC(=O)Nc1nc2cc(-c3cnc(NCCN4CCOCC4)nc3)cc(-c3ncccc3F)c2[nH]1. The molecular weight excluding hydrogens is 477 g/mol. The zero-order valence-electron chi connectivity index (χ0n) is 20.4. The van der Waals surface area contributed by atoms with Crippen molar-refractivity contribution in [2.45, 2.75) is 6.92 Å². The largest absolute Gasteiger partial charge is 0.379 e. The van der Waals surface area contributed by atoms with E-state index in [2.05, 4.69) is 45.8 Å². The summed E-state index contributed by atoms with van der Waals surface area (Å²) in [5, 5.41) is 8.57. The van der Waals surface area contributed by atoms with E-state index >= 15 is 0 Å². The number of nitrogens with one attached hydrogen (secondary N) is 4. The normalized spacial score (nSPS) is 14.0. The fourth-order valence-electron chi connectivity index (χ4n) is 4.14. The van der Waals surface area contributed by atoms with E-state index < -0.39 is 11.8 Å². The summed E-state index contributed by atoms with van der Waals surface area (Å²) in [7, 11) is 0. The van der Waals surface area contributed by atoms with Crippen molar-refractivity contribution in [3.05, 3.63) is 48.7 Å². The Morgan fingerprint density at radius 1 is 1.16 bits per heavy atom. The third-order valence-corrected chi connectivity index (χ3v) is 5.98. The van der Waals surface area contributed by atoms with Crippen LogP contribution in [0, 0.1) is 5.82 Å². The zero-order chi connectivity index (χ0) is 25.6. The molecule has 37 heavy (non-hydrogen) atoms. The predicted molar refractivity (Wildman–Crippen MR) is 139 cm³/mol. The number of ether oxygens (including phenoxy) is 1. The number of aromatic amines is 1. The Hall–Kier alpha value is -4.16. The number of hydrogen-bond donors (Lipinski definition) is 4. The van der Waals surface area contributed by atoms with E-state index in [0.717, 1.165) is 50.5 Å². The number of rotatable bonds is 8. The Morgan fingerprint density at radius 3 is 2.73 bits per heavy atom. The van der Waals surface area contributed by atoms with Crippen LogP contribution in [0.5, 0.6) is 0 Å². The Balaban J connectivity index is 1.41. The Morgan fingerprint density at radius 2 is 1.97 bits per heavy atom. The number of urea groups is 1. The molecule has 0 unspecified atom stereocenters. The van der Waals surface area contributed by atoms with Crippen LogP contribution in [0.4, 0.5) is 21.1 Å². The van der Waals surface area contributed by atoms with Crippen LogP contribution in [-0.2, 0) is 4.74 Å². The van der Waals surface area contributed by atoms with Gasteiger partial charge < -0.3 is 20.4 Å². The van der Waals surface area contributed by atoms with Gasteiger partial charge in [-0.05, 0) is 36.8 Å². The van der Waals surface area contributed by atoms with Gasteiger partial charge in [0.15, 0.2) is 0 Å². The molecule has 3 aromatic heterocycles. The van der Waals surface area contributed by atoms with E-state index in [0.29, 0.717) is 29.1 Å². The molecule has 2 amide bonds. The molecule has 12 heteroatoms. The average molecular weight is 506 g/mol. The van der Waals surface area contributed by atoms with E-state index in [1.54, 1.807) is 12.4 Å². The van der Waals surface area contributed by atoms with Gasteiger partial charge in [-0.15, -0.1) is 0 Å². The van der Waals surface area contributed by atoms with E-state index in [1.807, 2.05) is 19.1 Å². The molecule has 0 radical (unpaired) electrons. The van der Waals surface area contributed by atoms with Crippen LogP contribution in [-0.4, -0.2) is 81.8 Å². The molecule has 1 aliphatic rings. The quantitative estimate of drug-likeness (QED) is 0.287. The number of pyridine rings is 1. The van der Waals surface area contributed by atoms with Gasteiger partial charge in [-0.3, -0.25) is 15.2 Å². The van der Waals surface area contributed by atoms with Crippen LogP contribution < -0.4 is 16.0 Å². The molecule has 5 rings (SSSR count). The fourth-order valence-corrected chi connectivity index (χ4v) is 4.14. The van der Waals surface area contributed by atoms with Crippen molar-refractivity contribution < 1.29 is 13.9 Å². The number of nitrogens with zero attached hydrogens (tertiary/aromatic N) is 5. The number of fused-ring (bicyclic) bond motifs is 1. The smallest absolute Gasteiger partial charge is 0.321 e. The van der Waals surface area contributed by atoms with Gasteiger partial charge in [0, 0.05) is 62.4 Å². The minimum absolute atomic E-state index is 0.171. The summed E-state index contributed by atoms with van der Waals surface area (Å²) in [6.45, 7) is 7.28. The van der Waals surface area contributed by atoms with Crippen molar-refractivity contribution in [1.29, 1.82) is 0 Å². The number of imidazole rings is 1. The van der Waals surface area contributed by atoms with E-state index in [-0.39, 0.29) is 11.6 Å². The fraction of sp³-hybridized carbons (Fsp3) is 0.320. The van der Waals surface area contributed by atoms with Crippen molar-refractivity contribution >= 4 is 29.0 Å². The second-order valence-electron chi connectivity index (χ2n) is 8.50. The lowest BCUT2D eigenvalue weighted by Crippen LogP contribution is -2.39. The molecule has 0 bridgehead atoms. The molecule has 0 spiro atoms. The highest BCUT2D eigenvalue weighted by molar-refractivity contribution is 5.98. The maximum absolute atomic E-state index is 14.7. The molecule has 4 N–H and O–H groups in total. The number of morpholine rings is 1. The number of halogens is 1. The number of anilines is 2. The molecule has 0 saturated carbocycles. The summed E-state index contributed by atoms with van der Waals surface area (Å²) < 4.78 is 20.1. The first-order chi connectivity index (χ1) is 18.1. The van der Waals surface area contributed by atoms with Crippen LogP contribution in [0.25, 0.3) is 33.4 Å². The van der Waals surface area contributed by atoms with Crippen LogP contribution >= 0.6 is 0 Å². The lowest BCUT2D eigenvalue weighted by Gasteiger charge is -2.26. The molecule has 0 atom stereocenters. The van der Waals surface area contributed by atoms with E-state index in [1.165, 1.54) is 18.3 Å². The van der Waals surface area contributed by atoms with Crippen molar-refractivity contribution in [2.24, 2.45) is 0 Å². The molecule has 192 valence electrons. The predicted octanol–water partition coefficient (Wildman–Crippen LogP) is 3.11. The van der Waals surface area contributed by atoms with Gasteiger partial charge in [-0.25, -0.2) is 24.1 Å². The van der Waals surface area contributed by atoms with Gasteiger partial charge in [0.05, 0.1) is 24.2 Å². The van der Waals surface area contributed by atoms with Gasteiger partial charge >= 0.3 is 6.03 Å². The average Bonchev–Trinajstić information content (AvgIpc) is 3.32. The summed E-state index contributed by atoms with van der Waals surface area (Å²) in [4.78, 5) is 35.1. The third kappa shape index (κ3) is 5.81. The van der Waals surface area contributed by atoms with Gasteiger partial charge in [0.1, 0.15) is 11.5 Å². The molecule has 11 nitrogen and oxygen atoms in total.